The third-order valence-electron chi connectivity index (χ3n) is 3.63. The number of hydrogen-bond acceptors (Lipinski definition) is 4. The molecule has 0 radical (unpaired) electrons. The maximum Gasteiger partial charge on any atom is 0.234 e. The summed E-state index contributed by atoms with van der Waals surface area (Å²) in [5.74, 6) is 0.822. The quantitative estimate of drug-likeness (QED) is 0.319. The topological polar surface area (TPSA) is 36.9 Å². The van der Waals surface area contributed by atoms with Gasteiger partial charge in [-0.05, 0) is 36.3 Å². The molecular weight excluding hydrogens is 487 g/mol. The van der Waals surface area contributed by atoms with E-state index >= 15 is 0 Å². The molecule has 0 aromatic heterocycles. The van der Waals surface area contributed by atoms with Crippen molar-refractivity contribution in [3.63, 3.8) is 0 Å². The Morgan fingerprint density at radius 3 is 2.29 bits per heavy atom. The Balaban J connectivity index is 2.06. The van der Waals surface area contributed by atoms with Crippen molar-refractivity contribution in [2.45, 2.75) is 33.8 Å². The molecule has 1 aliphatic rings. The van der Waals surface area contributed by atoms with E-state index in [-0.39, 0.29) is 11.4 Å². The Morgan fingerprint density at radius 1 is 1.04 bits per heavy atom. The summed E-state index contributed by atoms with van der Waals surface area (Å²) in [6.45, 7) is 2.87. The minimum absolute atomic E-state index is 0.109. The van der Waals surface area contributed by atoms with Gasteiger partial charge in [0.25, 0.3) is 0 Å². The molecule has 28 heavy (non-hydrogen) atoms. The number of hydrazine groups is 1. The van der Waals surface area contributed by atoms with Crippen LogP contribution in [-0.4, -0.2) is 25.0 Å². The van der Waals surface area contributed by atoms with Crippen LogP contribution in [-0.2, 0) is 0 Å². The number of ether oxygens (including phenoxy) is 1. The number of nitrogens with one attached hydrogen (secondary N) is 1. The maximum absolute atomic E-state index is 5.94. The number of hydrazone groups is 1. The predicted molar refractivity (Wildman–Crippen MR) is 122 cm³/mol. The van der Waals surface area contributed by atoms with Gasteiger partial charge in [-0.25, -0.2) is 0 Å². The van der Waals surface area contributed by atoms with Gasteiger partial charge in [0.2, 0.25) is 7.59 Å². The Kier molecular flexibility index (Phi) is 8.93. The largest absolute Gasteiger partial charge is 0.494 e. The number of alkyl halides is 6. The third-order valence-corrected chi connectivity index (χ3v) is 4.82. The van der Waals surface area contributed by atoms with E-state index in [1.165, 1.54) is 11.2 Å². The van der Waals surface area contributed by atoms with Crippen LogP contribution in [0, 0.1) is 0 Å². The highest BCUT2D eigenvalue weighted by Crippen LogP contribution is 2.37. The first kappa shape index (κ1) is 23.8. The smallest absolute Gasteiger partial charge is 0.234 e. The third kappa shape index (κ3) is 7.74. The van der Waals surface area contributed by atoms with Gasteiger partial charge in [-0.15, -0.1) is 0 Å². The van der Waals surface area contributed by atoms with Crippen LogP contribution in [0.4, 0.5) is 0 Å². The molecule has 1 heterocycles. The lowest BCUT2D eigenvalue weighted by molar-refractivity contribution is 0.306. The summed E-state index contributed by atoms with van der Waals surface area (Å²) in [5, 5.41) is 5.50. The van der Waals surface area contributed by atoms with E-state index in [1.54, 1.807) is 12.3 Å². The fourth-order valence-electron chi connectivity index (χ4n) is 2.19. The van der Waals surface area contributed by atoms with Gasteiger partial charge in [0.1, 0.15) is 11.5 Å². The first-order valence-corrected chi connectivity index (χ1v) is 10.8. The zero-order valence-electron chi connectivity index (χ0n) is 14.9. The molecule has 10 heteroatoms. The molecule has 0 spiro atoms. The molecule has 2 rings (SSSR count). The van der Waals surface area contributed by atoms with Crippen LogP contribution in [0.2, 0.25) is 0 Å². The number of halogens is 6. The lowest BCUT2D eigenvalue weighted by atomic mass is 10.2. The van der Waals surface area contributed by atoms with Gasteiger partial charge in [0, 0.05) is 6.20 Å². The molecule has 1 aromatic carbocycles. The zero-order chi connectivity index (χ0) is 20.8. The number of unbranched alkanes of at least 4 members (excludes halogenated alkanes) is 2. The van der Waals surface area contributed by atoms with Crippen molar-refractivity contribution in [2.75, 3.05) is 6.61 Å². The van der Waals surface area contributed by atoms with Gasteiger partial charge < -0.3 is 4.74 Å². The summed E-state index contributed by atoms with van der Waals surface area (Å²) in [6.07, 6.45) is 8.17. The fraction of sp³-hybridized carbons (Fsp3) is 0.389. The van der Waals surface area contributed by atoms with E-state index in [0.717, 1.165) is 30.6 Å². The minimum Gasteiger partial charge on any atom is -0.494 e. The van der Waals surface area contributed by atoms with Crippen molar-refractivity contribution in [3.05, 3.63) is 47.8 Å². The monoisotopic (exact) mass is 503 g/mol. The lowest BCUT2D eigenvalue weighted by Crippen LogP contribution is -2.40. The van der Waals surface area contributed by atoms with E-state index in [9.17, 15) is 0 Å². The molecule has 4 nitrogen and oxygen atoms in total. The first-order valence-electron chi connectivity index (χ1n) is 8.51. The zero-order valence-corrected chi connectivity index (χ0v) is 19.5. The Morgan fingerprint density at radius 2 is 1.71 bits per heavy atom. The summed E-state index contributed by atoms with van der Waals surface area (Å²) in [4.78, 5) is 0. The molecule has 1 aromatic rings. The molecule has 0 saturated heterocycles. The second-order valence-corrected chi connectivity index (χ2v) is 10.5. The highest BCUT2D eigenvalue weighted by atomic mass is 35.6. The molecule has 0 unspecified atom stereocenters. The summed E-state index contributed by atoms with van der Waals surface area (Å²) in [5.41, 5.74) is 4.07. The van der Waals surface area contributed by atoms with Gasteiger partial charge in [-0.1, -0.05) is 102 Å². The fourth-order valence-corrected chi connectivity index (χ4v) is 2.76. The second kappa shape index (κ2) is 10.5. The van der Waals surface area contributed by atoms with Crippen LogP contribution < -0.4 is 10.2 Å². The molecule has 0 bridgehead atoms. The summed E-state index contributed by atoms with van der Waals surface area (Å²) in [6, 6.07) is 7.64. The van der Waals surface area contributed by atoms with Crippen molar-refractivity contribution in [1.29, 1.82) is 0 Å². The molecular formula is C18H19Cl6N3O. The maximum atomic E-state index is 5.94. The van der Waals surface area contributed by atoms with Crippen molar-refractivity contribution in [3.8, 4) is 5.75 Å². The number of allylic oxidation sites excluding steroid dienone is 2. The van der Waals surface area contributed by atoms with Crippen LogP contribution in [0.1, 0.15) is 31.7 Å². The first-order chi connectivity index (χ1) is 13.1. The van der Waals surface area contributed by atoms with Gasteiger partial charge in [-0.2, -0.15) is 10.2 Å². The summed E-state index contributed by atoms with van der Waals surface area (Å²) in [7, 11) is 0. The van der Waals surface area contributed by atoms with Crippen molar-refractivity contribution < 1.29 is 4.74 Å². The summed E-state index contributed by atoms with van der Waals surface area (Å²) >= 11 is 35.6. The molecule has 0 atom stereocenters. The average Bonchev–Trinajstić information content (AvgIpc) is 2.63. The molecule has 0 aliphatic carbocycles. The Hall–Kier alpha value is -0.490. The van der Waals surface area contributed by atoms with Gasteiger partial charge in [0.05, 0.1) is 12.3 Å². The standard InChI is InChI=1S/C18H19Cl6N3O/c1-2-3-4-11-28-14-7-5-13(6-8-14)9-10-27-25-15(17(19,20)21)12-16(26-27)18(22,23)24/h5-10,12,25H,2-4,11H2,1H3. The molecule has 1 aliphatic heterocycles. The van der Waals surface area contributed by atoms with E-state index in [0.29, 0.717) is 6.61 Å². The normalized spacial score (nSPS) is 15.3. The Bertz CT molecular complexity index is 735. The predicted octanol–water partition coefficient (Wildman–Crippen LogP) is 7.03. The number of rotatable bonds is 7. The Labute approximate surface area is 195 Å². The van der Waals surface area contributed by atoms with Gasteiger partial charge in [-0.3, -0.25) is 5.43 Å². The highest BCUT2D eigenvalue weighted by Gasteiger charge is 2.35. The van der Waals surface area contributed by atoms with Crippen LogP contribution >= 0.6 is 69.6 Å². The van der Waals surface area contributed by atoms with Gasteiger partial charge in [0.15, 0.2) is 0 Å². The van der Waals surface area contributed by atoms with Crippen LogP contribution in [0.3, 0.4) is 0 Å². The molecule has 1 N–H and O–H groups in total. The number of benzene rings is 1. The number of hydrogen-bond donors (Lipinski definition) is 1. The molecule has 0 amide bonds. The second-order valence-electron chi connectivity index (χ2n) is 5.94. The van der Waals surface area contributed by atoms with Crippen LogP contribution in [0.25, 0.3) is 6.08 Å². The average molecular weight is 506 g/mol. The van der Waals surface area contributed by atoms with E-state index in [4.69, 9.17) is 74.3 Å². The molecule has 0 fully saturated rings. The van der Waals surface area contributed by atoms with Crippen LogP contribution in [0.15, 0.2) is 47.3 Å². The SMILES string of the molecule is CCCCCOc1ccc(C=CN2N=C(C(Cl)(Cl)Cl)C=C(C(Cl)(Cl)Cl)N2)cc1. The van der Waals surface area contributed by atoms with Crippen molar-refractivity contribution >= 4 is 81.4 Å². The van der Waals surface area contributed by atoms with Gasteiger partial charge >= 0.3 is 0 Å². The molecule has 0 saturated carbocycles. The lowest BCUT2D eigenvalue weighted by Gasteiger charge is -2.29. The number of nitrogens with zero attached hydrogens (tertiary/aromatic N) is 2. The highest BCUT2D eigenvalue weighted by molar-refractivity contribution is 6.78. The van der Waals surface area contributed by atoms with E-state index < -0.39 is 7.59 Å². The van der Waals surface area contributed by atoms with Crippen LogP contribution in [0.5, 0.6) is 5.75 Å². The van der Waals surface area contributed by atoms with E-state index in [1.807, 2.05) is 24.3 Å². The van der Waals surface area contributed by atoms with E-state index in [2.05, 4.69) is 17.5 Å². The minimum atomic E-state index is -1.77. The summed E-state index contributed by atoms with van der Waals surface area (Å²) < 4.78 is 2.19. The molecule has 154 valence electrons. The van der Waals surface area contributed by atoms with Crippen molar-refractivity contribution in [1.82, 2.24) is 10.5 Å². The van der Waals surface area contributed by atoms with Crippen molar-refractivity contribution in [2.24, 2.45) is 5.10 Å².